The largest absolute Gasteiger partial charge is 0.400 e. The number of rotatable bonds is 1. The molecule has 0 heterocycles. The quantitative estimate of drug-likeness (QED) is 0.556. The zero-order valence-electron chi connectivity index (χ0n) is 5.53. The average Bonchev–Trinajstić information content (AvgIpc) is 1.64. The Morgan fingerprint density at radius 1 is 1.50 bits per heavy atom. The fraction of sp³-hybridized carbons (Fsp3) is 0.667. The van der Waals surface area contributed by atoms with Crippen LogP contribution in [0.5, 0.6) is 0 Å². The van der Waals surface area contributed by atoms with Gasteiger partial charge in [-0.2, -0.15) is 0 Å². The van der Waals surface area contributed by atoms with E-state index < -0.39 is 0 Å². The fourth-order valence-electron chi connectivity index (χ4n) is 0.398. The Kier molecular flexibility index (Phi) is 2.52. The lowest BCUT2D eigenvalue weighted by atomic mass is 10.1. The zero-order valence-corrected chi connectivity index (χ0v) is 5.53. The summed E-state index contributed by atoms with van der Waals surface area (Å²) in [7, 11) is 0. The topological polar surface area (TPSA) is 26.0 Å². The van der Waals surface area contributed by atoms with Crippen molar-refractivity contribution in [3.05, 3.63) is 11.5 Å². The molecule has 2 heteroatoms. The number of hydrogen-bond acceptors (Lipinski definition) is 1. The van der Waals surface area contributed by atoms with Gasteiger partial charge in [0, 0.05) is 5.70 Å². The maximum Gasteiger partial charge on any atom is 0.116 e. The van der Waals surface area contributed by atoms with Crippen LogP contribution in [0.1, 0.15) is 20.8 Å². The van der Waals surface area contributed by atoms with Crippen LogP contribution in [0.2, 0.25) is 0 Å². The summed E-state index contributed by atoms with van der Waals surface area (Å²) in [6, 6.07) is 0. The maximum absolute atomic E-state index is 12.1. The molecule has 0 aliphatic heterocycles. The molecule has 0 rings (SSSR count). The standard InChI is InChI=1S/C6H12FN/c1-4(2)6(8)5(3)7/h4H,8H2,1-3H3/b6-5-. The molecule has 0 aromatic heterocycles. The molecule has 0 atom stereocenters. The number of nitrogens with two attached hydrogens (primary N) is 1. The third-order valence-corrected chi connectivity index (χ3v) is 1.02. The Morgan fingerprint density at radius 3 is 1.88 bits per heavy atom. The van der Waals surface area contributed by atoms with Gasteiger partial charge in [-0.15, -0.1) is 0 Å². The fourth-order valence-corrected chi connectivity index (χ4v) is 0.398. The summed E-state index contributed by atoms with van der Waals surface area (Å²) in [6.07, 6.45) is 0. The first-order chi connectivity index (χ1) is 3.55. The second-order valence-corrected chi connectivity index (χ2v) is 2.14. The predicted molar refractivity (Wildman–Crippen MR) is 32.8 cm³/mol. The molecule has 0 aliphatic rings. The minimum atomic E-state index is -0.264. The predicted octanol–water partition coefficient (Wildman–Crippen LogP) is 1.80. The van der Waals surface area contributed by atoms with Gasteiger partial charge in [0.25, 0.3) is 0 Å². The molecular weight excluding hydrogens is 105 g/mol. The van der Waals surface area contributed by atoms with E-state index in [0.29, 0.717) is 5.70 Å². The molecule has 0 radical (unpaired) electrons. The van der Waals surface area contributed by atoms with E-state index in [1.807, 2.05) is 13.8 Å². The van der Waals surface area contributed by atoms with Crippen molar-refractivity contribution in [1.29, 1.82) is 0 Å². The Bertz CT molecular complexity index is 101. The van der Waals surface area contributed by atoms with Crippen LogP contribution in [0.4, 0.5) is 4.39 Å². The molecule has 0 aromatic carbocycles. The van der Waals surface area contributed by atoms with E-state index in [1.54, 1.807) is 0 Å². The third-order valence-electron chi connectivity index (χ3n) is 1.02. The highest BCUT2D eigenvalue weighted by atomic mass is 19.1. The second kappa shape index (κ2) is 2.70. The first-order valence-electron chi connectivity index (χ1n) is 2.67. The first-order valence-corrected chi connectivity index (χ1v) is 2.67. The van der Waals surface area contributed by atoms with Crippen molar-refractivity contribution in [2.45, 2.75) is 20.8 Å². The van der Waals surface area contributed by atoms with E-state index in [2.05, 4.69) is 0 Å². The lowest BCUT2D eigenvalue weighted by Crippen LogP contribution is -2.05. The van der Waals surface area contributed by atoms with Gasteiger partial charge in [-0.1, -0.05) is 13.8 Å². The van der Waals surface area contributed by atoms with Gasteiger partial charge >= 0.3 is 0 Å². The van der Waals surface area contributed by atoms with E-state index in [1.165, 1.54) is 6.92 Å². The number of halogens is 1. The summed E-state index contributed by atoms with van der Waals surface area (Å²) in [6.45, 7) is 5.09. The van der Waals surface area contributed by atoms with Crippen LogP contribution in [0, 0.1) is 5.92 Å². The van der Waals surface area contributed by atoms with Crippen molar-refractivity contribution in [2.24, 2.45) is 11.7 Å². The number of allylic oxidation sites excluding steroid dienone is 2. The average molecular weight is 117 g/mol. The van der Waals surface area contributed by atoms with Gasteiger partial charge in [0.1, 0.15) is 5.83 Å². The van der Waals surface area contributed by atoms with Crippen molar-refractivity contribution in [3.8, 4) is 0 Å². The molecule has 0 unspecified atom stereocenters. The highest BCUT2D eigenvalue weighted by molar-refractivity contribution is 5.02. The van der Waals surface area contributed by atoms with Crippen LogP contribution >= 0.6 is 0 Å². The minimum absolute atomic E-state index is 0.125. The Balaban J connectivity index is 4.00. The Hall–Kier alpha value is -0.530. The highest BCUT2D eigenvalue weighted by Crippen LogP contribution is 2.08. The van der Waals surface area contributed by atoms with Gasteiger partial charge < -0.3 is 5.73 Å². The first kappa shape index (κ1) is 7.47. The molecule has 0 amide bonds. The van der Waals surface area contributed by atoms with Crippen LogP contribution < -0.4 is 5.73 Å². The normalized spacial score (nSPS) is 14.1. The summed E-state index contributed by atoms with van der Waals surface area (Å²) in [4.78, 5) is 0. The van der Waals surface area contributed by atoms with E-state index in [9.17, 15) is 4.39 Å². The molecule has 0 saturated heterocycles. The van der Waals surface area contributed by atoms with Crippen LogP contribution in [0.15, 0.2) is 11.5 Å². The molecule has 0 spiro atoms. The summed E-state index contributed by atoms with van der Waals surface area (Å²) in [5.74, 6) is -0.139. The van der Waals surface area contributed by atoms with Crippen molar-refractivity contribution >= 4 is 0 Å². The Morgan fingerprint density at radius 2 is 1.88 bits per heavy atom. The van der Waals surface area contributed by atoms with Gasteiger partial charge in [-0.05, 0) is 12.8 Å². The molecular formula is C6H12FN. The molecule has 48 valence electrons. The Labute approximate surface area is 49.4 Å². The monoisotopic (exact) mass is 117 g/mol. The molecule has 0 aliphatic carbocycles. The molecule has 8 heavy (non-hydrogen) atoms. The van der Waals surface area contributed by atoms with Crippen LogP contribution in [-0.4, -0.2) is 0 Å². The van der Waals surface area contributed by atoms with Gasteiger partial charge in [0.2, 0.25) is 0 Å². The van der Waals surface area contributed by atoms with Crippen molar-refractivity contribution in [3.63, 3.8) is 0 Å². The van der Waals surface area contributed by atoms with Crippen LogP contribution in [-0.2, 0) is 0 Å². The maximum atomic E-state index is 12.1. The van der Waals surface area contributed by atoms with Crippen molar-refractivity contribution in [2.75, 3.05) is 0 Å². The van der Waals surface area contributed by atoms with Crippen LogP contribution in [0.25, 0.3) is 0 Å². The van der Waals surface area contributed by atoms with Crippen molar-refractivity contribution in [1.82, 2.24) is 0 Å². The summed E-state index contributed by atoms with van der Waals surface area (Å²) < 4.78 is 12.1. The van der Waals surface area contributed by atoms with Crippen molar-refractivity contribution < 1.29 is 4.39 Å². The molecule has 0 bridgehead atoms. The van der Waals surface area contributed by atoms with E-state index in [-0.39, 0.29) is 11.7 Å². The molecule has 2 N–H and O–H groups in total. The molecule has 1 nitrogen and oxygen atoms in total. The van der Waals surface area contributed by atoms with Gasteiger partial charge in [-0.25, -0.2) is 4.39 Å². The van der Waals surface area contributed by atoms with E-state index >= 15 is 0 Å². The smallest absolute Gasteiger partial charge is 0.116 e. The van der Waals surface area contributed by atoms with Gasteiger partial charge in [-0.3, -0.25) is 0 Å². The van der Waals surface area contributed by atoms with Crippen LogP contribution in [0.3, 0.4) is 0 Å². The zero-order chi connectivity index (χ0) is 6.73. The van der Waals surface area contributed by atoms with E-state index in [4.69, 9.17) is 5.73 Å². The molecule has 0 saturated carbocycles. The molecule has 0 aromatic rings. The van der Waals surface area contributed by atoms with Gasteiger partial charge in [0.05, 0.1) is 0 Å². The summed E-state index contributed by atoms with van der Waals surface area (Å²) in [5, 5.41) is 0. The highest BCUT2D eigenvalue weighted by Gasteiger charge is 1.99. The SMILES string of the molecule is C/C(F)=C(/N)C(C)C. The van der Waals surface area contributed by atoms with E-state index in [0.717, 1.165) is 0 Å². The van der Waals surface area contributed by atoms with Gasteiger partial charge in [0.15, 0.2) is 0 Å². The lowest BCUT2D eigenvalue weighted by Gasteiger charge is -2.02. The lowest BCUT2D eigenvalue weighted by molar-refractivity contribution is 0.591. The summed E-state index contributed by atoms with van der Waals surface area (Å²) in [5.41, 5.74) is 5.62. The summed E-state index contributed by atoms with van der Waals surface area (Å²) >= 11 is 0. The second-order valence-electron chi connectivity index (χ2n) is 2.14. The third kappa shape index (κ3) is 1.96. The minimum Gasteiger partial charge on any atom is -0.400 e. The molecule has 0 fully saturated rings. The number of hydrogen-bond donors (Lipinski definition) is 1.